The highest BCUT2D eigenvalue weighted by molar-refractivity contribution is 6.00. The summed E-state index contributed by atoms with van der Waals surface area (Å²) in [5.74, 6) is 0.132. The Morgan fingerprint density at radius 2 is 1.97 bits per heavy atom. The summed E-state index contributed by atoms with van der Waals surface area (Å²) in [5, 5.41) is 32.0. The van der Waals surface area contributed by atoms with E-state index < -0.39 is 23.3 Å². The number of aliphatic hydroxyl groups is 3. The van der Waals surface area contributed by atoms with Crippen LogP contribution in [0.5, 0.6) is 0 Å². The van der Waals surface area contributed by atoms with Crippen molar-refractivity contribution in [1.29, 1.82) is 0 Å². The van der Waals surface area contributed by atoms with E-state index in [0.29, 0.717) is 23.8 Å². The van der Waals surface area contributed by atoms with Crippen molar-refractivity contribution in [2.45, 2.75) is 88.8 Å². The molecule has 6 rings (SSSR count). The number of ether oxygens (including phenoxy) is 2. The normalized spacial score (nSPS) is 52.4. The van der Waals surface area contributed by atoms with E-state index in [4.69, 9.17) is 9.47 Å². The summed E-state index contributed by atoms with van der Waals surface area (Å²) < 4.78 is 11.8. The molecule has 4 aliphatic carbocycles. The van der Waals surface area contributed by atoms with E-state index in [1.165, 1.54) is 12.2 Å². The molecule has 1 spiro atoms. The van der Waals surface area contributed by atoms with Crippen molar-refractivity contribution < 1.29 is 34.4 Å². The van der Waals surface area contributed by atoms with Crippen LogP contribution in [0.1, 0.15) is 59.3 Å². The van der Waals surface area contributed by atoms with Gasteiger partial charge in [-0.05, 0) is 80.3 Å². The Balaban J connectivity index is 1.27. The van der Waals surface area contributed by atoms with Gasteiger partial charge in [0.1, 0.15) is 12.2 Å². The summed E-state index contributed by atoms with van der Waals surface area (Å²) in [6.45, 7) is 6.17. The fraction of sp³-hybridized carbons (Fsp3) is 0.778. The maximum atomic E-state index is 13.0. The van der Waals surface area contributed by atoms with Crippen LogP contribution in [-0.4, -0.2) is 63.2 Å². The highest BCUT2D eigenvalue weighted by Crippen LogP contribution is 2.70. The third-order valence-electron chi connectivity index (χ3n) is 11.0. The minimum atomic E-state index is -1.65. The van der Waals surface area contributed by atoms with E-state index in [-0.39, 0.29) is 47.8 Å². The Hall–Kier alpha value is -1.54. The first-order valence-electron chi connectivity index (χ1n) is 12.9. The highest BCUT2D eigenvalue weighted by Gasteiger charge is 2.82. The number of hydrogen-bond donors (Lipinski definition) is 3. The van der Waals surface area contributed by atoms with E-state index in [9.17, 15) is 24.9 Å². The molecule has 7 heteroatoms. The van der Waals surface area contributed by atoms with E-state index in [0.717, 1.165) is 37.7 Å². The minimum absolute atomic E-state index is 0.0271. The number of cyclic esters (lactones) is 1. The van der Waals surface area contributed by atoms with Gasteiger partial charge < -0.3 is 24.8 Å². The molecule has 4 fully saturated rings. The van der Waals surface area contributed by atoms with Crippen molar-refractivity contribution in [2.24, 2.45) is 35.0 Å². The summed E-state index contributed by atoms with van der Waals surface area (Å²) in [5.41, 5.74) is -1.49. The van der Waals surface area contributed by atoms with Gasteiger partial charge in [0.2, 0.25) is 0 Å². The Labute approximate surface area is 200 Å². The fourth-order valence-corrected chi connectivity index (χ4v) is 9.25. The molecule has 1 unspecified atom stereocenters. The van der Waals surface area contributed by atoms with Gasteiger partial charge in [0.25, 0.3) is 0 Å². The lowest BCUT2D eigenvalue weighted by molar-refractivity contribution is -0.183. The molecule has 0 aromatic carbocycles. The molecule has 34 heavy (non-hydrogen) atoms. The lowest BCUT2D eigenvalue weighted by Gasteiger charge is -2.57. The molecule has 3 saturated carbocycles. The second-order valence-electron chi connectivity index (χ2n) is 12.1. The van der Waals surface area contributed by atoms with Crippen molar-refractivity contribution in [3.63, 3.8) is 0 Å². The minimum Gasteiger partial charge on any atom is -0.458 e. The van der Waals surface area contributed by atoms with Crippen LogP contribution >= 0.6 is 0 Å². The Morgan fingerprint density at radius 3 is 2.68 bits per heavy atom. The van der Waals surface area contributed by atoms with Crippen LogP contribution in [0.15, 0.2) is 23.3 Å². The second-order valence-corrected chi connectivity index (χ2v) is 12.1. The lowest BCUT2D eigenvalue weighted by Crippen LogP contribution is -2.69. The number of epoxide rings is 1. The number of carbonyl (C=O) groups excluding carboxylic acids is 2. The first kappa shape index (κ1) is 22.9. The number of rotatable bonds is 3. The van der Waals surface area contributed by atoms with Crippen LogP contribution in [0.3, 0.4) is 0 Å². The van der Waals surface area contributed by atoms with Gasteiger partial charge in [-0.2, -0.15) is 0 Å². The molecule has 0 bridgehead atoms. The van der Waals surface area contributed by atoms with Crippen LogP contribution in [0.4, 0.5) is 0 Å². The summed E-state index contributed by atoms with van der Waals surface area (Å²) in [4.78, 5) is 25.5. The molecule has 11 atom stereocenters. The molecule has 1 saturated heterocycles. The maximum Gasteiger partial charge on any atom is 0.336 e. The molecule has 3 N–H and O–H groups in total. The molecule has 0 radical (unpaired) electrons. The molecule has 7 nitrogen and oxygen atoms in total. The van der Waals surface area contributed by atoms with E-state index in [1.807, 2.05) is 6.92 Å². The average molecular weight is 473 g/mol. The van der Waals surface area contributed by atoms with Crippen LogP contribution in [-0.2, 0) is 19.1 Å². The van der Waals surface area contributed by atoms with Crippen LogP contribution < -0.4 is 0 Å². The van der Waals surface area contributed by atoms with Gasteiger partial charge in [-0.25, -0.2) is 4.79 Å². The topological polar surface area (TPSA) is 117 Å². The smallest absolute Gasteiger partial charge is 0.336 e. The third kappa shape index (κ3) is 2.62. The zero-order valence-corrected chi connectivity index (χ0v) is 20.2. The van der Waals surface area contributed by atoms with E-state index in [1.54, 1.807) is 0 Å². The molecule has 2 aliphatic heterocycles. The molecule has 2 heterocycles. The Kier molecular flexibility index (Phi) is 4.88. The number of ketones is 1. The van der Waals surface area contributed by atoms with Crippen LogP contribution in [0.2, 0.25) is 0 Å². The Bertz CT molecular complexity index is 1000. The number of carbonyl (C=O) groups is 2. The van der Waals surface area contributed by atoms with Crippen molar-refractivity contribution in [1.82, 2.24) is 0 Å². The predicted octanol–water partition coefficient (Wildman–Crippen LogP) is 2.08. The molecular formula is C27H36O7. The zero-order chi connectivity index (χ0) is 24.2. The summed E-state index contributed by atoms with van der Waals surface area (Å²) in [6, 6.07) is 0. The van der Waals surface area contributed by atoms with Crippen LogP contribution in [0, 0.1) is 35.0 Å². The molecule has 0 amide bonds. The standard InChI is InChI=1S/C27H36O7/c1-13-10-20(33-24(31)16(13)12-28)14(2)17-4-5-18-15-11-23-27(34-23)22(30)7-6-21(29)26(27,32)19(15)8-9-25(17,18)3/h6-7,14-15,17-20,22-23,28,30,32H,4-5,8-12H2,1-3H3/t14-,15-,17?,18-,19-,20+,22-,23+,25+,26+,27+/m0/s1. The monoisotopic (exact) mass is 472 g/mol. The Morgan fingerprint density at radius 1 is 1.21 bits per heavy atom. The van der Waals surface area contributed by atoms with Crippen molar-refractivity contribution >= 4 is 11.8 Å². The fourth-order valence-electron chi connectivity index (χ4n) is 9.25. The average Bonchev–Trinajstić information content (AvgIpc) is 3.43. The number of aliphatic hydroxyl groups excluding tert-OH is 2. The molecular weight excluding hydrogens is 436 g/mol. The predicted molar refractivity (Wildman–Crippen MR) is 121 cm³/mol. The quantitative estimate of drug-likeness (QED) is 0.425. The van der Waals surface area contributed by atoms with Gasteiger partial charge in [-0.15, -0.1) is 0 Å². The van der Waals surface area contributed by atoms with E-state index >= 15 is 0 Å². The van der Waals surface area contributed by atoms with Crippen LogP contribution in [0.25, 0.3) is 0 Å². The van der Waals surface area contributed by atoms with E-state index in [2.05, 4.69) is 13.8 Å². The number of hydrogen-bond acceptors (Lipinski definition) is 7. The summed E-state index contributed by atoms with van der Waals surface area (Å²) in [7, 11) is 0. The maximum absolute atomic E-state index is 13.0. The largest absolute Gasteiger partial charge is 0.458 e. The molecule has 186 valence electrons. The SMILES string of the molecule is CC1=C(CO)C(=O)O[C@@H]([C@@H](C)C2CC[C@H]3[C@@H]4C[C@H]5O[C@]56[C@@H](O)C=CC(=O)[C@]6(O)[C@H]4CC[C@]23C)C1. The van der Waals surface area contributed by atoms with Crippen molar-refractivity contribution in [3.8, 4) is 0 Å². The van der Waals surface area contributed by atoms with Gasteiger partial charge in [0.15, 0.2) is 17.0 Å². The van der Waals surface area contributed by atoms with Gasteiger partial charge in [0.05, 0.1) is 18.3 Å². The van der Waals surface area contributed by atoms with Gasteiger partial charge in [-0.1, -0.05) is 19.4 Å². The van der Waals surface area contributed by atoms with Gasteiger partial charge in [-0.3, -0.25) is 4.79 Å². The summed E-state index contributed by atoms with van der Waals surface area (Å²) in [6.07, 6.45) is 6.47. The number of esters is 1. The number of fused-ring (bicyclic) bond motifs is 4. The summed E-state index contributed by atoms with van der Waals surface area (Å²) >= 11 is 0. The van der Waals surface area contributed by atoms with Gasteiger partial charge >= 0.3 is 5.97 Å². The van der Waals surface area contributed by atoms with Gasteiger partial charge in [0, 0.05) is 12.3 Å². The molecule has 6 aliphatic rings. The molecule has 0 aromatic rings. The first-order valence-corrected chi connectivity index (χ1v) is 12.9. The first-order chi connectivity index (χ1) is 16.1. The zero-order valence-electron chi connectivity index (χ0n) is 20.2. The van der Waals surface area contributed by atoms with Crippen molar-refractivity contribution in [3.05, 3.63) is 23.3 Å². The second kappa shape index (κ2) is 7.25. The van der Waals surface area contributed by atoms with Crippen molar-refractivity contribution in [2.75, 3.05) is 6.61 Å². The molecule has 0 aromatic heterocycles. The third-order valence-corrected chi connectivity index (χ3v) is 11.0. The lowest BCUT2D eigenvalue weighted by atomic mass is 9.47. The highest BCUT2D eigenvalue weighted by atomic mass is 16.6.